The molecule has 5 rings (SSSR count). The number of carbonyl (C=O) groups excluding carboxylic acids is 2. The summed E-state index contributed by atoms with van der Waals surface area (Å²) in [6.07, 6.45) is 8.62. The van der Waals surface area contributed by atoms with E-state index in [2.05, 4.69) is 28.8 Å². The number of hydrogen-bond donors (Lipinski definition) is 2. The van der Waals surface area contributed by atoms with Gasteiger partial charge in [0, 0.05) is 22.9 Å². The van der Waals surface area contributed by atoms with Crippen LogP contribution < -0.4 is 10.6 Å². The Labute approximate surface area is 194 Å². The van der Waals surface area contributed by atoms with E-state index in [1.807, 2.05) is 48.5 Å². The van der Waals surface area contributed by atoms with Crippen molar-refractivity contribution in [2.45, 2.75) is 38.5 Å². The molecule has 2 N–H and O–H groups in total. The van der Waals surface area contributed by atoms with Crippen LogP contribution in [0.2, 0.25) is 0 Å². The van der Waals surface area contributed by atoms with Gasteiger partial charge in [0.05, 0.1) is 0 Å². The van der Waals surface area contributed by atoms with Crippen LogP contribution in [-0.2, 0) is 11.2 Å². The molecule has 2 aliphatic rings. The zero-order valence-electron chi connectivity index (χ0n) is 18.6. The molecule has 2 aliphatic carbocycles. The first-order valence-electron chi connectivity index (χ1n) is 11.8. The van der Waals surface area contributed by atoms with Crippen LogP contribution in [0.15, 0.2) is 72.8 Å². The lowest BCUT2D eigenvalue weighted by atomic mass is 9.88. The van der Waals surface area contributed by atoms with E-state index >= 15 is 0 Å². The summed E-state index contributed by atoms with van der Waals surface area (Å²) in [5.41, 5.74) is 7.09. The minimum atomic E-state index is -0.112. The molecule has 0 unspecified atom stereocenters. The van der Waals surface area contributed by atoms with Crippen molar-refractivity contribution in [1.29, 1.82) is 0 Å². The van der Waals surface area contributed by atoms with E-state index in [0.29, 0.717) is 5.56 Å². The second-order valence-corrected chi connectivity index (χ2v) is 8.98. The summed E-state index contributed by atoms with van der Waals surface area (Å²) in [5, 5.41) is 6.07. The van der Waals surface area contributed by atoms with Gasteiger partial charge in [-0.15, -0.1) is 0 Å². The quantitative estimate of drug-likeness (QED) is 0.476. The number of benzene rings is 3. The van der Waals surface area contributed by atoms with Crippen LogP contribution in [0, 0.1) is 5.92 Å². The van der Waals surface area contributed by atoms with Crippen LogP contribution in [0.5, 0.6) is 0 Å². The van der Waals surface area contributed by atoms with E-state index in [1.165, 1.54) is 17.6 Å². The van der Waals surface area contributed by atoms with Crippen LogP contribution in [0.3, 0.4) is 0 Å². The third-order valence-corrected chi connectivity index (χ3v) is 6.65. The molecule has 2 amide bonds. The van der Waals surface area contributed by atoms with Gasteiger partial charge < -0.3 is 10.6 Å². The highest BCUT2D eigenvalue weighted by molar-refractivity contribution is 6.04. The molecule has 0 aliphatic heterocycles. The molecule has 0 bridgehead atoms. The maximum Gasteiger partial charge on any atom is 0.255 e. The maximum absolute atomic E-state index is 12.6. The number of hydrogen-bond acceptors (Lipinski definition) is 2. The van der Waals surface area contributed by atoms with Gasteiger partial charge in [-0.25, -0.2) is 0 Å². The second-order valence-electron chi connectivity index (χ2n) is 8.98. The molecule has 0 atom stereocenters. The molecule has 0 radical (unpaired) electrons. The maximum atomic E-state index is 12.6. The number of anilines is 2. The SMILES string of the molecule is O=C(Nc1ccc(C2=Cc3cc(NC(=O)C4CCCCC4)ccc3C2)cc1)c1ccccc1. The molecule has 1 fully saturated rings. The van der Waals surface area contributed by atoms with Crippen molar-refractivity contribution in [2.75, 3.05) is 10.6 Å². The molecule has 0 heterocycles. The number of rotatable bonds is 5. The van der Waals surface area contributed by atoms with Crippen molar-refractivity contribution in [3.63, 3.8) is 0 Å². The summed E-state index contributed by atoms with van der Waals surface area (Å²) in [6, 6.07) is 23.4. The topological polar surface area (TPSA) is 58.2 Å². The Morgan fingerprint density at radius 1 is 0.758 bits per heavy atom. The fourth-order valence-corrected chi connectivity index (χ4v) is 4.77. The molecule has 3 aromatic rings. The first-order valence-corrected chi connectivity index (χ1v) is 11.8. The highest BCUT2D eigenvalue weighted by atomic mass is 16.2. The first kappa shape index (κ1) is 21.2. The van der Waals surface area contributed by atoms with Crippen molar-refractivity contribution < 1.29 is 9.59 Å². The van der Waals surface area contributed by atoms with E-state index < -0.39 is 0 Å². The highest BCUT2D eigenvalue weighted by Gasteiger charge is 2.22. The van der Waals surface area contributed by atoms with Crippen molar-refractivity contribution in [1.82, 2.24) is 0 Å². The van der Waals surface area contributed by atoms with Gasteiger partial charge in [0.15, 0.2) is 0 Å². The van der Waals surface area contributed by atoms with Crippen molar-refractivity contribution >= 4 is 34.8 Å². The standard InChI is InChI=1S/C29H28N2O2/c32-28(21-7-3-1-4-8-21)30-26-14-11-20(12-15-26)24-17-23-13-16-27(19-25(23)18-24)31-29(33)22-9-5-2-6-10-22/h1,3-4,7-8,11-16,18-19,22H,2,5-6,9-10,17H2,(H,30,32)(H,31,33). The van der Waals surface area contributed by atoms with Crippen molar-refractivity contribution in [3.05, 3.63) is 95.1 Å². The van der Waals surface area contributed by atoms with E-state index in [1.54, 1.807) is 12.1 Å². The average Bonchev–Trinajstić information content (AvgIpc) is 3.29. The van der Waals surface area contributed by atoms with Gasteiger partial charge >= 0.3 is 0 Å². The Hall–Kier alpha value is -3.66. The Morgan fingerprint density at radius 3 is 2.24 bits per heavy atom. The van der Waals surface area contributed by atoms with E-state index in [4.69, 9.17) is 0 Å². The van der Waals surface area contributed by atoms with Gasteiger partial charge in [0.25, 0.3) is 5.91 Å². The number of nitrogens with one attached hydrogen (secondary N) is 2. The summed E-state index contributed by atoms with van der Waals surface area (Å²) < 4.78 is 0. The van der Waals surface area contributed by atoms with Crippen LogP contribution >= 0.6 is 0 Å². The molecule has 3 aromatic carbocycles. The molecule has 166 valence electrons. The van der Waals surface area contributed by atoms with Gasteiger partial charge in [-0.3, -0.25) is 9.59 Å². The van der Waals surface area contributed by atoms with E-state index in [0.717, 1.165) is 54.6 Å². The molecule has 4 heteroatoms. The van der Waals surface area contributed by atoms with E-state index in [9.17, 15) is 9.59 Å². The largest absolute Gasteiger partial charge is 0.326 e. The molecular weight excluding hydrogens is 408 g/mol. The lowest BCUT2D eigenvalue weighted by Crippen LogP contribution is -2.24. The predicted molar refractivity (Wildman–Crippen MR) is 134 cm³/mol. The lowest BCUT2D eigenvalue weighted by Gasteiger charge is -2.20. The average molecular weight is 437 g/mol. The molecule has 0 saturated heterocycles. The zero-order valence-corrected chi connectivity index (χ0v) is 18.6. The summed E-state index contributed by atoms with van der Waals surface area (Å²) in [7, 11) is 0. The minimum absolute atomic E-state index is 0.112. The van der Waals surface area contributed by atoms with Gasteiger partial charge in [0.2, 0.25) is 5.91 Å². The third kappa shape index (κ3) is 4.90. The normalized spacial score (nSPS) is 15.5. The predicted octanol–water partition coefficient (Wildman–Crippen LogP) is 6.55. The van der Waals surface area contributed by atoms with Crippen LogP contribution in [-0.4, -0.2) is 11.8 Å². The molecule has 33 heavy (non-hydrogen) atoms. The van der Waals surface area contributed by atoms with Crippen molar-refractivity contribution in [3.8, 4) is 0 Å². The second kappa shape index (κ2) is 9.45. The highest BCUT2D eigenvalue weighted by Crippen LogP contribution is 2.34. The fraction of sp³-hybridized carbons (Fsp3) is 0.241. The lowest BCUT2D eigenvalue weighted by molar-refractivity contribution is -0.120. The van der Waals surface area contributed by atoms with Crippen LogP contribution in [0.1, 0.15) is 59.2 Å². The summed E-state index contributed by atoms with van der Waals surface area (Å²) >= 11 is 0. The summed E-state index contributed by atoms with van der Waals surface area (Å²) in [4.78, 5) is 25.0. The van der Waals surface area contributed by atoms with Crippen LogP contribution in [0.4, 0.5) is 11.4 Å². The number of amides is 2. The van der Waals surface area contributed by atoms with Crippen molar-refractivity contribution in [2.24, 2.45) is 5.92 Å². The third-order valence-electron chi connectivity index (χ3n) is 6.65. The van der Waals surface area contributed by atoms with Crippen LogP contribution in [0.25, 0.3) is 11.6 Å². The number of carbonyl (C=O) groups is 2. The molecule has 4 nitrogen and oxygen atoms in total. The summed E-state index contributed by atoms with van der Waals surface area (Å²) in [6.45, 7) is 0. The molecule has 1 saturated carbocycles. The fourth-order valence-electron chi connectivity index (χ4n) is 4.77. The monoisotopic (exact) mass is 436 g/mol. The Balaban J connectivity index is 1.25. The van der Waals surface area contributed by atoms with Gasteiger partial charge in [-0.1, -0.05) is 61.7 Å². The van der Waals surface area contributed by atoms with Gasteiger partial charge in [-0.05, 0) is 77.9 Å². The first-order chi connectivity index (χ1) is 16.2. The number of fused-ring (bicyclic) bond motifs is 1. The van der Waals surface area contributed by atoms with E-state index in [-0.39, 0.29) is 17.7 Å². The van der Waals surface area contributed by atoms with Gasteiger partial charge in [-0.2, -0.15) is 0 Å². The Morgan fingerprint density at radius 2 is 1.48 bits per heavy atom. The zero-order chi connectivity index (χ0) is 22.6. The molecule has 0 spiro atoms. The summed E-state index contributed by atoms with van der Waals surface area (Å²) in [5.74, 6) is 0.197. The minimum Gasteiger partial charge on any atom is -0.326 e. The smallest absolute Gasteiger partial charge is 0.255 e. The Bertz CT molecular complexity index is 1190. The Kier molecular flexibility index (Phi) is 6.07. The number of allylic oxidation sites excluding steroid dienone is 1. The molecular formula is C29H28N2O2. The molecule has 0 aromatic heterocycles. The van der Waals surface area contributed by atoms with Gasteiger partial charge in [0.1, 0.15) is 0 Å².